The van der Waals surface area contributed by atoms with Crippen LogP contribution in [0, 0.1) is 0 Å². The molecule has 0 saturated carbocycles. The summed E-state index contributed by atoms with van der Waals surface area (Å²) in [7, 11) is 1.68. The first kappa shape index (κ1) is 14.4. The highest BCUT2D eigenvalue weighted by Gasteiger charge is 2.18. The van der Waals surface area contributed by atoms with E-state index in [4.69, 9.17) is 9.47 Å². The van der Waals surface area contributed by atoms with Crippen LogP contribution in [0.25, 0.3) is 0 Å². The fourth-order valence-corrected chi connectivity index (χ4v) is 2.14. The van der Waals surface area contributed by atoms with E-state index in [2.05, 4.69) is 32.9 Å². The maximum absolute atomic E-state index is 5.99. The molecule has 0 saturated heterocycles. The second kappa shape index (κ2) is 6.00. The smallest absolute Gasteiger partial charge is 0.123 e. The summed E-state index contributed by atoms with van der Waals surface area (Å²) in [6, 6.07) is 16.2. The molecule has 0 heterocycles. The van der Waals surface area contributed by atoms with Crippen LogP contribution in [0.4, 0.5) is 0 Å². The van der Waals surface area contributed by atoms with Gasteiger partial charge in [-0.3, -0.25) is 0 Å². The summed E-state index contributed by atoms with van der Waals surface area (Å²) in [5.41, 5.74) is 2.40. The Kier molecular flexibility index (Phi) is 4.33. The van der Waals surface area contributed by atoms with Crippen LogP contribution in [0.2, 0.25) is 0 Å². The molecule has 2 nitrogen and oxygen atoms in total. The van der Waals surface area contributed by atoms with E-state index in [-0.39, 0.29) is 5.41 Å². The predicted octanol–water partition coefficient (Wildman–Crippen LogP) is 4.57. The minimum absolute atomic E-state index is 0.0744. The second-order valence-corrected chi connectivity index (χ2v) is 5.89. The topological polar surface area (TPSA) is 18.5 Å². The molecule has 0 radical (unpaired) electrons. The van der Waals surface area contributed by atoms with E-state index in [0.717, 1.165) is 17.1 Å². The molecule has 0 N–H and O–H groups in total. The van der Waals surface area contributed by atoms with E-state index < -0.39 is 0 Å². The van der Waals surface area contributed by atoms with Crippen molar-refractivity contribution in [1.82, 2.24) is 0 Å². The van der Waals surface area contributed by atoms with Crippen LogP contribution in [-0.4, -0.2) is 7.11 Å². The Balaban J connectivity index is 2.15. The second-order valence-electron chi connectivity index (χ2n) is 5.89. The zero-order valence-corrected chi connectivity index (χ0v) is 12.6. The van der Waals surface area contributed by atoms with Gasteiger partial charge in [0.05, 0.1) is 7.11 Å². The van der Waals surface area contributed by atoms with Crippen molar-refractivity contribution in [3.63, 3.8) is 0 Å². The van der Waals surface area contributed by atoms with Gasteiger partial charge in [0.25, 0.3) is 0 Å². The molecule has 20 heavy (non-hydrogen) atoms. The normalized spacial score (nSPS) is 11.2. The van der Waals surface area contributed by atoms with E-state index in [9.17, 15) is 0 Å². The first-order chi connectivity index (χ1) is 9.50. The van der Waals surface area contributed by atoms with Crippen LogP contribution in [0.5, 0.6) is 11.5 Å². The Morgan fingerprint density at radius 3 is 2.40 bits per heavy atom. The van der Waals surface area contributed by atoms with Gasteiger partial charge in [-0.25, -0.2) is 0 Å². The van der Waals surface area contributed by atoms with E-state index in [0.29, 0.717) is 6.61 Å². The lowest BCUT2D eigenvalue weighted by atomic mass is 9.86. The molecule has 0 aliphatic carbocycles. The zero-order chi connectivity index (χ0) is 14.6. The van der Waals surface area contributed by atoms with Crippen molar-refractivity contribution in [2.45, 2.75) is 32.8 Å². The summed E-state index contributed by atoms with van der Waals surface area (Å²) < 4.78 is 11.2. The highest BCUT2D eigenvalue weighted by Crippen LogP contribution is 2.31. The minimum Gasteiger partial charge on any atom is -0.497 e. The van der Waals surface area contributed by atoms with Gasteiger partial charge in [0.2, 0.25) is 0 Å². The summed E-state index contributed by atoms with van der Waals surface area (Å²) in [6.45, 7) is 7.13. The molecule has 0 unspecified atom stereocenters. The molecule has 0 aliphatic rings. The van der Waals surface area contributed by atoms with Crippen molar-refractivity contribution in [2.24, 2.45) is 0 Å². The molecular formula is C18H22O2. The summed E-state index contributed by atoms with van der Waals surface area (Å²) in [5.74, 6) is 1.80. The number of methoxy groups -OCH3 is 1. The molecule has 0 atom stereocenters. The molecule has 2 aromatic carbocycles. The Morgan fingerprint density at radius 2 is 1.70 bits per heavy atom. The third-order valence-corrected chi connectivity index (χ3v) is 3.22. The highest BCUT2D eigenvalue weighted by atomic mass is 16.5. The number of ether oxygens (including phenoxy) is 2. The maximum Gasteiger partial charge on any atom is 0.123 e. The maximum atomic E-state index is 5.99. The van der Waals surface area contributed by atoms with Gasteiger partial charge in [0.15, 0.2) is 0 Å². The van der Waals surface area contributed by atoms with Crippen molar-refractivity contribution in [1.29, 1.82) is 0 Å². The third-order valence-electron chi connectivity index (χ3n) is 3.22. The number of hydrogen-bond acceptors (Lipinski definition) is 2. The summed E-state index contributed by atoms with van der Waals surface area (Å²) in [5, 5.41) is 0. The molecule has 2 aromatic rings. The number of benzene rings is 2. The van der Waals surface area contributed by atoms with Crippen LogP contribution < -0.4 is 9.47 Å². The lowest BCUT2D eigenvalue weighted by Crippen LogP contribution is -2.13. The Morgan fingerprint density at radius 1 is 0.950 bits per heavy atom. The zero-order valence-electron chi connectivity index (χ0n) is 12.6. The molecule has 106 valence electrons. The molecule has 0 spiro atoms. The predicted molar refractivity (Wildman–Crippen MR) is 82.5 cm³/mol. The van der Waals surface area contributed by atoms with Gasteiger partial charge in [0, 0.05) is 0 Å². The van der Waals surface area contributed by atoms with Gasteiger partial charge in [0.1, 0.15) is 18.1 Å². The standard InChI is InChI=1S/C18H22O2/c1-18(2,3)16-10-5-6-11-17(16)20-13-14-8-7-9-15(12-14)19-4/h5-12H,13H2,1-4H3. The largest absolute Gasteiger partial charge is 0.497 e. The Hall–Kier alpha value is -1.96. The molecule has 2 rings (SSSR count). The van der Waals surface area contributed by atoms with Crippen LogP contribution in [0.15, 0.2) is 48.5 Å². The molecule has 0 bridgehead atoms. The SMILES string of the molecule is COc1cccc(COc2ccccc2C(C)(C)C)c1. The molecular weight excluding hydrogens is 248 g/mol. The lowest BCUT2D eigenvalue weighted by Gasteiger charge is -2.22. The Labute approximate surface area is 121 Å². The van der Waals surface area contributed by atoms with E-state index in [1.807, 2.05) is 36.4 Å². The lowest BCUT2D eigenvalue weighted by molar-refractivity contribution is 0.296. The first-order valence-corrected chi connectivity index (χ1v) is 6.86. The average Bonchev–Trinajstić information content (AvgIpc) is 2.44. The van der Waals surface area contributed by atoms with Crippen LogP contribution >= 0.6 is 0 Å². The fraction of sp³-hybridized carbons (Fsp3) is 0.333. The summed E-state index contributed by atoms with van der Waals surface area (Å²) >= 11 is 0. The number of para-hydroxylation sites is 1. The van der Waals surface area contributed by atoms with Crippen LogP contribution in [0.3, 0.4) is 0 Å². The van der Waals surface area contributed by atoms with Crippen molar-refractivity contribution < 1.29 is 9.47 Å². The van der Waals surface area contributed by atoms with E-state index in [1.165, 1.54) is 5.56 Å². The van der Waals surface area contributed by atoms with Crippen molar-refractivity contribution >= 4 is 0 Å². The Bertz CT molecular complexity index is 568. The van der Waals surface area contributed by atoms with Crippen LogP contribution in [0.1, 0.15) is 31.9 Å². The monoisotopic (exact) mass is 270 g/mol. The van der Waals surface area contributed by atoms with E-state index in [1.54, 1.807) is 7.11 Å². The third kappa shape index (κ3) is 3.53. The van der Waals surface area contributed by atoms with Crippen LogP contribution in [-0.2, 0) is 12.0 Å². The molecule has 0 aromatic heterocycles. The van der Waals surface area contributed by atoms with Crippen molar-refractivity contribution in [2.75, 3.05) is 7.11 Å². The van der Waals surface area contributed by atoms with Crippen molar-refractivity contribution in [3.8, 4) is 11.5 Å². The van der Waals surface area contributed by atoms with Crippen molar-refractivity contribution in [3.05, 3.63) is 59.7 Å². The first-order valence-electron chi connectivity index (χ1n) is 6.86. The van der Waals surface area contributed by atoms with E-state index >= 15 is 0 Å². The van der Waals surface area contributed by atoms with Gasteiger partial charge < -0.3 is 9.47 Å². The van der Waals surface area contributed by atoms with Gasteiger partial charge in [-0.15, -0.1) is 0 Å². The van der Waals surface area contributed by atoms with Gasteiger partial charge in [-0.1, -0.05) is 51.1 Å². The number of hydrogen-bond donors (Lipinski definition) is 0. The quantitative estimate of drug-likeness (QED) is 0.810. The molecule has 0 fully saturated rings. The summed E-state index contributed by atoms with van der Waals surface area (Å²) in [6.07, 6.45) is 0. The number of rotatable bonds is 4. The fourth-order valence-electron chi connectivity index (χ4n) is 2.14. The van der Waals surface area contributed by atoms with Gasteiger partial charge in [-0.05, 0) is 34.7 Å². The highest BCUT2D eigenvalue weighted by molar-refractivity contribution is 5.38. The van der Waals surface area contributed by atoms with Gasteiger partial charge in [-0.2, -0.15) is 0 Å². The molecule has 0 amide bonds. The average molecular weight is 270 g/mol. The van der Waals surface area contributed by atoms with Gasteiger partial charge >= 0.3 is 0 Å². The molecule has 0 aliphatic heterocycles. The summed E-state index contributed by atoms with van der Waals surface area (Å²) in [4.78, 5) is 0. The molecule has 2 heteroatoms. The minimum atomic E-state index is 0.0744.